The third-order valence-corrected chi connectivity index (χ3v) is 3.19. The molecule has 1 aromatic carbocycles. The van der Waals surface area contributed by atoms with Gasteiger partial charge in [-0.05, 0) is 31.7 Å². The zero-order valence-corrected chi connectivity index (χ0v) is 11.3. The molecule has 17 heavy (non-hydrogen) atoms. The summed E-state index contributed by atoms with van der Waals surface area (Å²) in [7, 11) is 1.69. The first kappa shape index (κ1) is 14.1. The highest BCUT2D eigenvalue weighted by Gasteiger charge is 2.21. The summed E-state index contributed by atoms with van der Waals surface area (Å²) in [6, 6.07) is 4.35. The van der Waals surface area contributed by atoms with E-state index in [1.807, 2.05) is 0 Å². The largest absolute Gasteiger partial charge is 0.481 e. The second-order valence-electron chi connectivity index (χ2n) is 3.98. The van der Waals surface area contributed by atoms with Crippen molar-refractivity contribution in [3.63, 3.8) is 0 Å². The number of halogens is 2. The Labute approximate surface area is 108 Å². The van der Waals surface area contributed by atoms with Gasteiger partial charge in [0.25, 0.3) is 0 Å². The van der Waals surface area contributed by atoms with E-state index in [2.05, 4.69) is 21.2 Å². The van der Waals surface area contributed by atoms with Crippen molar-refractivity contribution in [2.75, 3.05) is 7.05 Å². The first-order valence-corrected chi connectivity index (χ1v) is 6.10. The van der Waals surface area contributed by atoms with Gasteiger partial charge in [0, 0.05) is 16.1 Å². The molecule has 0 bridgehead atoms. The van der Waals surface area contributed by atoms with E-state index in [0.717, 1.165) is 4.47 Å². The van der Waals surface area contributed by atoms with Gasteiger partial charge < -0.3 is 10.4 Å². The van der Waals surface area contributed by atoms with Crippen LogP contribution in [0.2, 0.25) is 0 Å². The van der Waals surface area contributed by atoms with Crippen LogP contribution in [0.25, 0.3) is 0 Å². The van der Waals surface area contributed by atoms with Crippen molar-refractivity contribution < 1.29 is 14.3 Å². The van der Waals surface area contributed by atoms with Crippen LogP contribution in [0.5, 0.6) is 0 Å². The van der Waals surface area contributed by atoms with Crippen LogP contribution in [0.1, 0.15) is 24.9 Å². The molecular formula is C12H15BrFNO2. The zero-order valence-electron chi connectivity index (χ0n) is 9.71. The molecule has 0 spiro atoms. The Morgan fingerprint density at radius 3 is 2.76 bits per heavy atom. The summed E-state index contributed by atoms with van der Waals surface area (Å²) in [5, 5.41) is 11.8. The summed E-state index contributed by atoms with van der Waals surface area (Å²) >= 11 is 3.28. The number of carboxylic acid groups (broad SMARTS) is 1. The monoisotopic (exact) mass is 303 g/mol. The number of aliphatic carboxylic acids is 1. The summed E-state index contributed by atoms with van der Waals surface area (Å²) in [5.41, 5.74) is 0.481. The molecule has 0 aliphatic heterocycles. The fraction of sp³-hybridized carbons (Fsp3) is 0.417. The Hall–Kier alpha value is -0.940. The predicted octanol–water partition coefficient (Wildman–Crippen LogP) is 2.96. The SMILES string of the molecule is CNC(CC(C)C(=O)O)c1cc(Br)ccc1F. The van der Waals surface area contributed by atoms with Crippen LogP contribution in [0, 0.1) is 11.7 Å². The molecule has 0 radical (unpaired) electrons. The standard InChI is InChI=1S/C12H15BrFNO2/c1-7(12(16)17)5-11(15-2)9-6-8(13)3-4-10(9)14/h3-4,6-7,11,15H,5H2,1-2H3,(H,16,17). The van der Waals surface area contributed by atoms with E-state index in [-0.39, 0.29) is 11.9 Å². The smallest absolute Gasteiger partial charge is 0.306 e. The van der Waals surface area contributed by atoms with Gasteiger partial charge in [0.05, 0.1) is 5.92 Å². The highest BCUT2D eigenvalue weighted by atomic mass is 79.9. The Balaban J connectivity index is 2.93. The third-order valence-electron chi connectivity index (χ3n) is 2.69. The molecule has 0 aliphatic rings. The quantitative estimate of drug-likeness (QED) is 0.879. The molecule has 0 amide bonds. The third kappa shape index (κ3) is 3.78. The number of hydrogen-bond acceptors (Lipinski definition) is 2. The van der Waals surface area contributed by atoms with Gasteiger partial charge >= 0.3 is 5.97 Å². The minimum atomic E-state index is -0.874. The lowest BCUT2D eigenvalue weighted by Gasteiger charge is -2.19. The molecule has 94 valence electrons. The van der Waals surface area contributed by atoms with Gasteiger partial charge in [-0.15, -0.1) is 0 Å². The number of nitrogens with one attached hydrogen (secondary N) is 1. The fourth-order valence-corrected chi connectivity index (χ4v) is 2.02. The summed E-state index contributed by atoms with van der Waals surface area (Å²) in [6.45, 7) is 1.61. The average molecular weight is 304 g/mol. The van der Waals surface area contributed by atoms with E-state index in [1.165, 1.54) is 6.07 Å². The maximum Gasteiger partial charge on any atom is 0.306 e. The lowest BCUT2D eigenvalue weighted by atomic mass is 9.96. The first-order chi connectivity index (χ1) is 7.95. The zero-order chi connectivity index (χ0) is 13.0. The maximum absolute atomic E-state index is 13.6. The molecule has 0 saturated carbocycles. The van der Waals surface area contributed by atoms with Gasteiger partial charge in [-0.1, -0.05) is 22.9 Å². The molecule has 2 unspecified atom stereocenters. The molecule has 1 aromatic rings. The Morgan fingerprint density at radius 2 is 2.24 bits per heavy atom. The van der Waals surface area contributed by atoms with Crippen LogP contribution in [-0.4, -0.2) is 18.1 Å². The van der Waals surface area contributed by atoms with Crippen molar-refractivity contribution in [1.29, 1.82) is 0 Å². The molecule has 0 aromatic heterocycles. The fourth-order valence-electron chi connectivity index (χ4n) is 1.64. The van der Waals surface area contributed by atoms with Crippen molar-refractivity contribution in [1.82, 2.24) is 5.32 Å². The van der Waals surface area contributed by atoms with E-state index >= 15 is 0 Å². The number of carboxylic acids is 1. The molecule has 1 rings (SSSR count). The molecule has 2 atom stereocenters. The molecule has 5 heteroatoms. The van der Waals surface area contributed by atoms with Gasteiger partial charge in [-0.3, -0.25) is 4.79 Å². The van der Waals surface area contributed by atoms with Crippen molar-refractivity contribution in [3.05, 3.63) is 34.1 Å². The van der Waals surface area contributed by atoms with E-state index < -0.39 is 11.9 Å². The van der Waals surface area contributed by atoms with Gasteiger partial charge in [0.1, 0.15) is 5.82 Å². The Morgan fingerprint density at radius 1 is 1.59 bits per heavy atom. The van der Waals surface area contributed by atoms with Gasteiger partial charge in [-0.2, -0.15) is 0 Å². The van der Waals surface area contributed by atoms with Gasteiger partial charge in [-0.25, -0.2) is 4.39 Å². The van der Waals surface area contributed by atoms with Crippen LogP contribution in [0.15, 0.2) is 22.7 Å². The Bertz CT molecular complexity index is 411. The van der Waals surface area contributed by atoms with Gasteiger partial charge in [0.15, 0.2) is 0 Å². The maximum atomic E-state index is 13.6. The van der Waals surface area contributed by atoms with Crippen molar-refractivity contribution >= 4 is 21.9 Å². The number of carbonyl (C=O) groups is 1. The molecule has 3 nitrogen and oxygen atoms in total. The van der Waals surface area contributed by atoms with Crippen molar-refractivity contribution in [3.8, 4) is 0 Å². The van der Waals surface area contributed by atoms with E-state index in [1.54, 1.807) is 26.1 Å². The van der Waals surface area contributed by atoms with E-state index in [0.29, 0.717) is 12.0 Å². The summed E-state index contributed by atoms with van der Waals surface area (Å²) in [5.74, 6) is -1.73. The van der Waals surface area contributed by atoms with Crippen molar-refractivity contribution in [2.24, 2.45) is 5.92 Å². The van der Waals surface area contributed by atoms with Crippen LogP contribution in [-0.2, 0) is 4.79 Å². The molecular weight excluding hydrogens is 289 g/mol. The average Bonchev–Trinajstić information content (AvgIpc) is 2.29. The normalized spacial score (nSPS) is 14.4. The van der Waals surface area contributed by atoms with Crippen LogP contribution >= 0.6 is 15.9 Å². The van der Waals surface area contributed by atoms with Crippen LogP contribution in [0.3, 0.4) is 0 Å². The lowest BCUT2D eigenvalue weighted by molar-refractivity contribution is -0.141. The van der Waals surface area contributed by atoms with E-state index in [4.69, 9.17) is 5.11 Å². The minimum Gasteiger partial charge on any atom is -0.481 e. The lowest BCUT2D eigenvalue weighted by Crippen LogP contribution is -2.23. The molecule has 0 fully saturated rings. The van der Waals surface area contributed by atoms with Crippen LogP contribution in [0.4, 0.5) is 4.39 Å². The Kier molecular flexibility index (Phi) is 5.08. The van der Waals surface area contributed by atoms with Gasteiger partial charge in [0.2, 0.25) is 0 Å². The first-order valence-electron chi connectivity index (χ1n) is 5.30. The summed E-state index contributed by atoms with van der Waals surface area (Å²) in [6.07, 6.45) is 0.346. The molecule has 0 heterocycles. The highest BCUT2D eigenvalue weighted by molar-refractivity contribution is 9.10. The minimum absolute atomic E-state index is 0.307. The second-order valence-corrected chi connectivity index (χ2v) is 4.90. The predicted molar refractivity (Wildman–Crippen MR) is 67.3 cm³/mol. The number of hydrogen-bond donors (Lipinski definition) is 2. The molecule has 2 N–H and O–H groups in total. The number of benzene rings is 1. The summed E-state index contributed by atoms with van der Waals surface area (Å²) < 4.78 is 14.4. The highest BCUT2D eigenvalue weighted by Crippen LogP contribution is 2.26. The molecule has 0 aliphatic carbocycles. The number of rotatable bonds is 5. The topological polar surface area (TPSA) is 49.3 Å². The molecule has 0 saturated heterocycles. The van der Waals surface area contributed by atoms with E-state index in [9.17, 15) is 9.18 Å². The summed E-state index contributed by atoms with van der Waals surface area (Å²) in [4.78, 5) is 10.8. The van der Waals surface area contributed by atoms with Crippen molar-refractivity contribution in [2.45, 2.75) is 19.4 Å². The second kappa shape index (κ2) is 6.12. The van der Waals surface area contributed by atoms with Crippen LogP contribution < -0.4 is 5.32 Å².